The lowest BCUT2D eigenvalue weighted by Crippen LogP contribution is -2.26. The molecule has 0 aliphatic carbocycles. The largest absolute Gasteiger partial charge is 0.319 e. The molecule has 0 atom stereocenters. The molecule has 0 saturated heterocycles. The molecule has 0 fully saturated rings. The molecule has 6 heteroatoms. The third-order valence-electron chi connectivity index (χ3n) is 2.91. The molecule has 0 aliphatic rings. The van der Waals surface area contributed by atoms with Gasteiger partial charge in [-0.05, 0) is 37.1 Å². The van der Waals surface area contributed by atoms with Crippen LogP contribution in [0.4, 0.5) is 5.69 Å². The van der Waals surface area contributed by atoms with E-state index in [-0.39, 0.29) is 11.3 Å². The van der Waals surface area contributed by atoms with E-state index in [1.54, 1.807) is 12.1 Å². The Morgan fingerprint density at radius 2 is 2.10 bits per heavy atom. The average Bonchev–Trinajstić information content (AvgIpc) is 2.44. The minimum atomic E-state index is -0.398. The molecule has 1 aromatic carbocycles. The lowest BCUT2D eigenvalue weighted by Gasteiger charge is -2.09. The van der Waals surface area contributed by atoms with Crippen LogP contribution in [0.5, 0.6) is 0 Å². The first kappa shape index (κ1) is 15.3. The van der Waals surface area contributed by atoms with Gasteiger partial charge in [-0.1, -0.05) is 24.6 Å². The molecule has 0 spiro atoms. The van der Waals surface area contributed by atoms with E-state index in [0.29, 0.717) is 17.3 Å². The number of anilines is 1. The molecule has 0 saturated carbocycles. The van der Waals surface area contributed by atoms with Crippen molar-refractivity contribution in [2.24, 2.45) is 0 Å². The number of hydrogen-bond donors (Lipinski definition) is 1. The summed E-state index contributed by atoms with van der Waals surface area (Å²) in [5.41, 5.74) is 1.48. The van der Waals surface area contributed by atoms with Crippen LogP contribution in [0.2, 0.25) is 5.02 Å². The second-order valence-electron chi connectivity index (χ2n) is 4.72. The van der Waals surface area contributed by atoms with Crippen molar-refractivity contribution in [1.82, 2.24) is 9.78 Å². The summed E-state index contributed by atoms with van der Waals surface area (Å²) in [4.78, 5) is 23.8. The summed E-state index contributed by atoms with van der Waals surface area (Å²) < 4.78 is 1.28. The number of halogens is 1. The maximum Gasteiger partial charge on any atom is 0.276 e. The van der Waals surface area contributed by atoms with E-state index in [0.717, 1.165) is 12.0 Å². The van der Waals surface area contributed by atoms with Gasteiger partial charge in [0.1, 0.15) is 5.69 Å². The maximum atomic E-state index is 12.2. The van der Waals surface area contributed by atoms with E-state index >= 15 is 0 Å². The predicted molar refractivity (Wildman–Crippen MR) is 82.9 cm³/mol. The minimum Gasteiger partial charge on any atom is -0.319 e. The number of rotatable bonds is 4. The Kier molecular flexibility index (Phi) is 4.75. The second kappa shape index (κ2) is 6.54. The zero-order chi connectivity index (χ0) is 15.4. The first-order valence-electron chi connectivity index (χ1n) is 6.67. The lowest BCUT2D eigenvalue weighted by atomic mass is 10.2. The number of hydrogen-bond acceptors (Lipinski definition) is 3. The fraction of sp³-hybridized carbons (Fsp3) is 0.267. The van der Waals surface area contributed by atoms with Gasteiger partial charge in [-0.3, -0.25) is 9.59 Å². The van der Waals surface area contributed by atoms with E-state index in [9.17, 15) is 9.59 Å². The van der Waals surface area contributed by atoms with E-state index in [1.807, 2.05) is 19.9 Å². The number of benzene rings is 1. The van der Waals surface area contributed by atoms with Crippen molar-refractivity contribution in [3.05, 3.63) is 57.0 Å². The van der Waals surface area contributed by atoms with Crippen LogP contribution in [-0.2, 0) is 6.54 Å². The molecule has 1 heterocycles. The van der Waals surface area contributed by atoms with Gasteiger partial charge in [0.25, 0.3) is 11.5 Å². The van der Waals surface area contributed by atoms with Crippen LogP contribution in [0.1, 0.15) is 29.4 Å². The zero-order valence-electron chi connectivity index (χ0n) is 11.9. The van der Waals surface area contributed by atoms with Crippen molar-refractivity contribution in [3.63, 3.8) is 0 Å². The van der Waals surface area contributed by atoms with Gasteiger partial charge in [-0.25, -0.2) is 4.68 Å². The molecule has 0 unspecified atom stereocenters. The molecule has 2 aromatic rings. The average molecular weight is 306 g/mol. The van der Waals surface area contributed by atoms with Crippen LogP contribution in [0.25, 0.3) is 0 Å². The van der Waals surface area contributed by atoms with Gasteiger partial charge in [0.15, 0.2) is 0 Å². The number of carbonyl (C=O) groups is 1. The van der Waals surface area contributed by atoms with Crippen molar-refractivity contribution < 1.29 is 4.79 Å². The highest BCUT2D eigenvalue weighted by atomic mass is 35.5. The van der Waals surface area contributed by atoms with E-state index in [1.165, 1.54) is 16.8 Å². The number of aryl methyl sites for hydroxylation is 2. The maximum absolute atomic E-state index is 12.2. The monoisotopic (exact) mass is 305 g/mol. The standard InChI is InChI=1S/C15H16ClN3O2/c1-3-8-19-14(20)7-6-13(18-19)15(21)17-12-5-4-10(2)9-11(12)16/h4-7,9H,3,8H2,1-2H3,(H,17,21). The predicted octanol–water partition coefficient (Wildman–Crippen LogP) is 2.87. The Morgan fingerprint density at radius 1 is 1.33 bits per heavy atom. The van der Waals surface area contributed by atoms with Gasteiger partial charge < -0.3 is 5.32 Å². The fourth-order valence-corrected chi connectivity index (χ4v) is 2.13. The molecule has 1 amide bonds. The summed E-state index contributed by atoms with van der Waals surface area (Å²) in [5, 5.41) is 7.21. The van der Waals surface area contributed by atoms with Crippen LogP contribution >= 0.6 is 11.6 Å². The third kappa shape index (κ3) is 3.70. The summed E-state index contributed by atoms with van der Waals surface area (Å²) >= 11 is 6.08. The third-order valence-corrected chi connectivity index (χ3v) is 3.22. The van der Waals surface area contributed by atoms with Crippen LogP contribution in [-0.4, -0.2) is 15.7 Å². The van der Waals surface area contributed by atoms with Crippen LogP contribution in [0.15, 0.2) is 35.1 Å². The number of amides is 1. The van der Waals surface area contributed by atoms with Gasteiger partial charge in [0, 0.05) is 12.6 Å². The molecule has 2 rings (SSSR count). The van der Waals surface area contributed by atoms with Crippen molar-refractivity contribution in [1.29, 1.82) is 0 Å². The molecular formula is C15H16ClN3O2. The van der Waals surface area contributed by atoms with Gasteiger partial charge >= 0.3 is 0 Å². The second-order valence-corrected chi connectivity index (χ2v) is 5.12. The molecule has 5 nitrogen and oxygen atoms in total. The summed E-state index contributed by atoms with van der Waals surface area (Å²) in [6, 6.07) is 8.10. The molecule has 1 N–H and O–H groups in total. The normalized spacial score (nSPS) is 10.4. The van der Waals surface area contributed by atoms with Gasteiger partial charge in [-0.2, -0.15) is 5.10 Å². The molecule has 0 bridgehead atoms. The fourth-order valence-electron chi connectivity index (χ4n) is 1.85. The van der Waals surface area contributed by atoms with Crippen molar-refractivity contribution >= 4 is 23.2 Å². The zero-order valence-corrected chi connectivity index (χ0v) is 12.6. The Bertz CT molecular complexity index is 725. The number of carbonyl (C=O) groups excluding carboxylic acids is 1. The topological polar surface area (TPSA) is 64.0 Å². The van der Waals surface area contributed by atoms with Crippen molar-refractivity contribution in [2.75, 3.05) is 5.32 Å². The summed E-state index contributed by atoms with van der Waals surface area (Å²) in [5.74, 6) is -0.398. The van der Waals surface area contributed by atoms with E-state index in [4.69, 9.17) is 11.6 Å². The number of nitrogens with one attached hydrogen (secondary N) is 1. The molecule has 0 radical (unpaired) electrons. The van der Waals surface area contributed by atoms with E-state index in [2.05, 4.69) is 10.4 Å². The Hall–Kier alpha value is -2.14. The highest BCUT2D eigenvalue weighted by Crippen LogP contribution is 2.22. The number of aromatic nitrogens is 2. The van der Waals surface area contributed by atoms with Gasteiger partial charge in [0.2, 0.25) is 0 Å². The first-order chi connectivity index (χ1) is 10.0. The SMILES string of the molecule is CCCn1nc(C(=O)Nc2ccc(C)cc2Cl)ccc1=O. The molecule has 21 heavy (non-hydrogen) atoms. The molecular weight excluding hydrogens is 290 g/mol. The van der Waals surface area contributed by atoms with Crippen molar-refractivity contribution in [2.45, 2.75) is 26.8 Å². The lowest BCUT2D eigenvalue weighted by molar-refractivity contribution is 0.102. The van der Waals surface area contributed by atoms with E-state index < -0.39 is 5.91 Å². The Morgan fingerprint density at radius 3 is 2.76 bits per heavy atom. The summed E-state index contributed by atoms with van der Waals surface area (Å²) in [6.45, 7) is 4.33. The Labute approximate surface area is 127 Å². The first-order valence-corrected chi connectivity index (χ1v) is 7.04. The quantitative estimate of drug-likeness (QED) is 0.944. The number of nitrogens with zero attached hydrogens (tertiary/aromatic N) is 2. The van der Waals surface area contributed by atoms with Crippen molar-refractivity contribution in [3.8, 4) is 0 Å². The highest BCUT2D eigenvalue weighted by Gasteiger charge is 2.11. The van der Waals surface area contributed by atoms with Crippen LogP contribution in [0.3, 0.4) is 0 Å². The minimum absolute atomic E-state index is 0.180. The summed E-state index contributed by atoms with van der Waals surface area (Å²) in [6.07, 6.45) is 0.766. The molecule has 110 valence electrons. The molecule has 0 aliphatic heterocycles. The van der Waals surface area contributed by atoms with Crippen LogP contribution < -0.4 is 10.9 Å². The van der Waals surface area contributed by atoms with Gasteiger partial charge in [-0.15, -0.1) is 0 Å². The Balaban J connectivity index is 2.24. The smallest absolute Gasteiger partial charge is 0.276 e. The van der Waals surface area contributed by atoms with Crippen LogP contribution in [0, 0.1) is 6.92 Å². The van der Waals surface area contributed by atoms with Gasteiger partial charge in [0.05, 0.1) is 10.7 Å². The highest BCUT2D eigenvalue weighted by molar-refractivity contribution is 6.34. The molecule has 1 aromatic heterocycles. The summed E-state index contributed by atoms with van der Waals surface area (Å²) in [7, 11) is 0.